The van der Waals surface area contributed by atoms with Gasteiger partial charge in [-0.25, -0.2) is 8.42 Å². The number of fused-ring (bicyclic) bond motifs is 3. The molecule has 11 heteroatoms. The minimum atomic E-state index is -3.86. The second-order valence-electron chi connectivity index (χ2n) is 8.98. The summed E-state index contributed by atoms with van der Waals surface area (Å²) in [6, 6.07) is 19.2. The van der Waals surface area contributed by atoms with Crippen LogP contribution < -0.4 is 5.32 Å². The first-order valence-corrected chi connectivity index (χ1v) is 13.5. The van der Waals surface area contributed by atoms with Gasteiger partial charge in [-0.2, -0.15) is 4.31 Å². The Morgan fingerprint density at radius 3 is 2.41 bits per heavy atom. The number of amides is 1. The molecule has 3 aromatic carbocycles. The van der Waals surface area contributed by atoms with E-state index in [2.05, 4.69) is 28.9 Å². The molecule has 5 rings (SSSR count). The lowest BCUT2D eigenvalue weighted by molar-refractivity contribution is -0.385. The van der Waals surface area contributed by atoms with Crippen molar-refractivity contribution in [1.29, 1.82) is 0 Å². The van der Waals surface area contributed by atoms with E-state index in [4.69, 9.17) is 0 Å². The summed E-state index contributed by atoms with van der Waals surface area (Å²) in [5.74, 6) is -0.173. The first-order chi connectivity index (χ1) is 17.8. The fraction of sp³-hybridized carbons (Fsp3) is 0.269. The molecule has 1 aromatic heterocycles. The van der Waals surface area contributed by atoms with Crippen LogP contribution in [0.3, 0.4) is 0 Å². The third-order valence-electron chi connectivity index (χ3n) is 6.74. The maximum Gasteiger partial charge on any atom is 0.270 e. The molecule has 10 nitrogen and oxygen atoms in total. The summed E-state index contributed by atoms with van der Waals surface area (Å²) < 4.78 is 29.5. The van der Waals surface area contributed by atoms with Gasteiger partial charge < -0.3 is 9.88 Å². The Kier molecular flexibility index (Phi) is 6.67. The topological polar surface area (TPSA) is 118 Å². The molecule has 0 saturated carbocycles. The minimum Gasteiger partial charge on any atom is -0.341 e. The van der Waals surface area contributed by atoms with Crippen LogP contribution in [-0.4, -0.2) is 65.7 Å². The van der Waals surface area contributed by atoms with Gasteiger partial charge in [0.1, 0.15) is 0 Å². The third kappa shape index (κ3) is 4.80. The zero-order valence-corrected chi connectivity index (χ0v) is 21.1. The van der Waals surface area contributed by atoms with Crippen LogP contribution in [0.4, 0.5) is 11.4 Å². The quantitative estimate of drug-likeness (QED) is 0.293. The number of aryl methyl sites for hydroxylation is 1. The Balaban J connectivity index is 1.23. The highest BCUT2D eigenvalue weighted by Crippen LogP contribution is 2.31. The number of rotatable bonds is 7. The number of nitrogens with zero attached hydrogens (tertiary/aromatic N) is 4. The SMILES string of the molecule is CCn1c2ccccc2c2cc(NC(=O)CN3CCN(S(=O)(=O)c4cccc([N+](=O)[O-])c4)CC3)ccc21. The average molecular weight is 522 g/mol. The van der Waals surface area contributed by atoms with Gasteiger partial charge in [0.05, 0.1) is 16.4 Å². The van der Waals surface area contributed by atoms with Crippen LogP contribution in [0.1, 0.15) is 6.92 Å². The zero-order chi connectivity index (χ0) is 26.2. The molecule has 1 aliphatic rings. The maximum atomic E-state index is 13.0. The highest BCUT2D eigenvalue weighted by Gasteiger charge is 2.30. The van der Waals surface area contributed by atoms with E-state index in [9.17, 15) is 23.3 Å². The number of nitrogens with one attached hydrogen (secondary N) is 1. The lowest BCUT2D eigenvalue weighted by Gasteiger charge is -2.33. The van der Waals surface area contributed by atoms with E-state index in [1.54, 1.807) is 0 Å². The summed E-state index contributed by atoms with van der Waals surface area (Å²) in [4.78, 5) is 25.0. The van der Waals surface area contributed by atoms with Crippen LogP contribution in [0.5, 0.6) is 0 Å². The number of piperazine rings is 1. The molecule has 192 valence electrons. The molecule has 0 radical (unpaired) electrons. The fourth-order valence-corrected chi connectivity index (χ4v) is 6.37. The van der Waals surface area contributed by atoms with Gasteiger partial charge in [0.25, 0.3) is 5.69 Å². The molecular formula is C26H27N5O5S. The van der Waals surface area contributed by atoms with Crippen molar-refractivity contribution in [2.75, 3.05) is 38.0 Å². The lowest BCUT2D eigenvalue weighted by atomic mass is 10.1. The molecule has 1 fully saturated rings. The van der Waals surface area contributed by atoms with Crippen LogP contribution in [0, 0.1) is 10.1 Å². The van der Waals surface area contributed by atoms with Crippen molar-refractivity contribution in [3.8, 4) is 0 Å². The lowest BCUT2D eigenvalue weighted by Crippen LogP contribution is -2.50. The monoisotopic (exact) mass is 521 g/mol. The summed E-state index contributed by atoms with van der Waals surface area (Å²) in [5.41, 5.74) is 2.71. The molecule has 1 amide bonds. The number of hydrogen-bond acceptors (Lipinski definition) is 6. The number of non-ortho nitro benzene ring substituents is 1. The molecule has 0 spiro atoms. The molecule has 0 atom stereocenters. The fourth-order valence-electron chi connectivity index (χ4n) is 4.91. The first kappa shape index (κ1) is 24.9. The van der Waals surface area contributed by atoms with E-state index in [0.29, 0.717) is 18.8 Å². The standard InChI is InChI=1S/C26H27N5O5S/c1-2-30-24-9-4-3-8-22(24)23-16-19(10-11-25(23)30)27-26(32)18-28-12-14-29(15-13-28)37(35,36)21-7-5-6-20(17-21)31(33)34/h3-11,16-17H,2,12-15,18H2,1H3,(H,27,32). The molecule has 1 N–H and O–H groups in total. The van der Waals surface area contributed by atoms with Crippen LogP contribution in [0.15, 0.2) is 71.6 Å². The van der Waals surface area contributed by atoms with E-state index >= 15 is 0 Å². The van der Waals surface area contributed by atoms with Crippen LogP contribution in [0.25, 0.3) is 21.8 Å². The molecule has 37 heavy (non-hydrogen) atoms. The summed E-state index contributed by atoms with van der Waals surface area (Å²) in [7, 11) is -3.86. The summed E-state index contributed by atoms with van der Waals surface area (Å²) >= 11 is 0. The van der Waals surface area contributed by atoms with Crippen LogP contribution in [0.2, 0.25) is 0 Å². The predicted octanol–water partition coefficient (Wildman–Crippen LogP) is 3.67. The molecule has 0 aliphatic carbocycles. The van der Waals surface area contributed by atoms with Gasteiger partial charge in [-0.05, 0) is 37.3 Å². The third-order valence-corrected chi connectivity index (χ3v) is 8.63. The van der Waals surface area contributed by atoms with Gasteiger partial charge in [-0.1, -0.05) is 24.3 Å². The number of anilines is 1. The van der Waals surface area contributed by atoms with E-state index in [0.717, 1.165) is 34.4 Å². The van der Waals surface area contributed by atoms with Gasteiger partial charge in [0.15, 0.2) is 0 Å². The zero-order valence-electron chi connectivity index (χ0n) is 20.3. The highest BCUT2D eigenvalue weighted by atomic mass is 32.2. The van der Waals surface area contributed by atoms with Crippen LogP contribution in [-0.2, 0) is 21.4 Å². The number of para-hydroxylation sites is 1. The molecule has 0 bridgehead atoms. The van der Waals surface area contributed by atoms with Gasteiger partial charge in [0.2, 0.25) is 15.9 Å². The molecule has 1 saturated heterocycles. The molecule has 0 unspecified atom stereocenters. The van der Waals surface area contributed by atoms with Gasteiger partial charge in [0, 0.05) is 72.3 Å². The normalized spacial score (nSPS) is 15.3. The molecule has 4 aromatic rings. The maximum absolute atomic E-state index is 13.0. The second kappa shape index (κ2) is 9.92. The number of benzene rings is 3. The number of nitro groups is 1. The Bertz CT molecular complexity index is 1610. The second-order valence-corrected chi connectivity index (χ2v) is 10.9. The Labute approximate surface area is 214 Å². The predicted molar refractivity (Wildman–Crippen MR) is 142 cm³/mol. The summed E-state index contributed by atoms with van der Waals surface area (Å²) in [5, 5.41) is 16.2. The Morgan fingerprint density at radius 2 is 1.68 bits per heavy atom. The largest absolute Gasteiger partial charge is 0.341 e. The van der Waals surface area contributed by atoms with Gasteiger partial charge in [-0.15, -0.1) is 0 Å². The number of aromatic nitrogens is 1. The molecular weight excluding hydrogens is 494 g/mol. The van der Waals surface area contributed by atoms with Gasteiger partial charge in [-0.3, -0.25) is 19.8 Å². The van der Waals surface area contributed by atoms with E-state index in [1.165, 1.54) is 22.5 Å². The first-order valence-electron chi connectivity index (χ1n) is 12.1. The van der Waals surface area contributed by atoms with Crippen molar-refractivity contribution in [2.24, 2.45) is 0 Å². The smallest absolute Gasteiger partial charge is 0.270 e. The van der Waals surface area contributed by atoms with E-state index in [-0.39, 0.29) is 36.1 Å². The number of nitro benzene ring substituents is 1. The molecule has 2 heterocycles. The van der Waals surface area contributed by atoms with Gasteiger partial charge >= 0.3 is 0 Å². The van der Waals surface area contributed by atoms with E-state index < -0.39 is 14.9 Å². The van der Waals surface area contributed by atoms with Crippen molar-refractivity contribution in [3.63, 3.8) is 0 Å². The van der Waals surface area contributed by atoms with Crippen molar-refractivity contribution in [1.82, 2.24) is 13.8 Å². The summed E-state index contributed by atoms with van der Waals surface area (Å²) in [6.07, 6.45) is 0. The number of carbonyl (C=O) groups excluding carboxylic acids is 1. The Morgan fingerprint density at radius 1 is 0.946 bits per heavy atom. The number of carbonyl (C=O) groups is 1. The van der Waals surface area contributed by atoms with Crippen molar-refractivity contribution in [2.45, 2.75) is 18.4 Å². The minimum absolute atomic E-state index is 0.104. The van der Waals surface area contributed by atoms with E-state index in [1.807, 2.05) is 35.2 Å². The van der Waals surface area contributed by atoms with Crippen molar-refractivity contribution >= 4 is 49.1 Å². The van der Waals surface area contributed by atoms with Crippen molar-refractivity contribution in [3.05, 3.63) is 76.8 Å². The van der Waals surface area contributed by atoms with Crippen LogP contribution >= 0.6 is 0 Å². The highest BCUT2D eigenvalue weighted by molar-refractivity contribution is 7.89. The molecule has 1 aliphatic heterocycles. The van der Waals surface area contributed by atoms with Crippen molar-refractivity contribution < 1.29 is 18.1 Å². The summed E-state index contributed by atoms with van der Waals surface area (Å²) in [6.45, 7) is 4.24. The number of sulfonamides is 1. The number of hydrogen-bond donors (Lipinski definition) is 1. The average Bonchev–Trinajstić information content (AvgIpc) is 3.22. The Hall–Kier alpha value is -3.80.